The average molecular weight is 298 g/mol. The molecule has 0 aromatic heterocycles. The number of benzene rings is 1. The highest BCUT2D eigenvalue weighted by molar-refractivity contribution is 7.99. The summed E-state index contributed by atoms with van der Waals surface area (Å²) in [5.41, 5.74) is 6.14. The number of amides is 1. The summed E-state index contributed by atoms with van der Waals surface area (Å²) in [7, 11) is 0. The van der Waals surface area contributed by atoms with Crippen LogP contribution in [0.1, 0.15) is 19.3 Å². The molecule has 3 N–H and O–H groups in total. The summed E-state index contributed by atoms with van der Waals surface area (Å²) >= 11 is 1.78. The number of halogens is 1. The van der Waals surface area contributed by atoms with Crippen molar-refractivity contribution in [2.24, 2.45) is 0 Å². The van der Waals surface area contributed by atoms with Crippen molar-refractivity contribution in [2.45, 2.75) is 24.5 Å². The molecule has 6 heteroatoms. The van der Waals surface area contributed by atoms with Crippen LogP contribution in [0.15, 0.2) is 18.2 Å². The minimum atomic E-state index is -0.468. The van der Waals surface area contributed by atoms with E-state index >= 15 is 0 Å². The molecular formula is C14H19FN2O2S. The number of carbonyl (C=O) groups excluding carboxylic acids is 1. The van der Waals surface area contributed by atoms with E-state index in [2.05, 4.69) is 5.32 Å². The zero-order valence-electron chi connectivity index (χ0n) is 11.2. The van der Waals surface area contributed by atoms with Crippen LogP contribution in [0.3, 0.4) is 0 Å². The molecule has 1 aliphatic rings. The molecule has 0 saturated carbocycles. The van der Waals surface area contributed by atoms with Crippen LogP contribution in [-0.2, 0) is 9.53 Å². The van der Waals surface area contributed by atoms with Crippen molar-refractivity contribution in [3.8, 4) is 0 Å². The largest absolute Gasteiger partial charge is 0.399 e. The maximum atomic E-state index is 13.5. The SMILES string of the molecule is Nc1ccc(F)c(NC(=O)CCSC2CCOCC2)c1. The van der Waals surface area contributed by atoms with Crippen LogP contribution in [0.5, 0.6) is 0 Å². The van der Waals surface area contributed by atoms with Crippen molar-refractivity contribution in [1.29, 1.82) is 0 Å². The number of hydrogen-bond acceptors (Lipinski definition) is 4. The number of hydrogen-bond donors (Lipinski definition) is 2. The molecule has 1 amide bonds. The molecule has 1 aliphatic heterocycles. The van der Waals surface area contributed by atoms with E-state index in [1.54, 1.807) is 11.8 Å². The van der Waals surface area contributed by atoms with Gasteiger partial charge in [0.25, 0.3) is 0 Å². The molecule has 0 spiro atoms. The first-order valence-corrected chi connectivity index (χ1v) is 7.74. The zero-order chi connectivity index (χ0) is 14.4. The topological polar surface area (TPSA) is 64.3 Å². The molecule has 1 heterocycles. The second-order valence-corrected chi connectivity index (χ2v) is 6.13. The van der Waals surface area contributed by atoms with Gasteiger partial charge in [0.15, 0.2) is 0 Å². The second kappa shape index (κ2) is 7.50. The summed E-state index contributed by atoms with van der Waals surface area (Å²) in [6.07, 6.45) is 2.45. The predicted molar refractivity (Wildman–Crippen MR) is 80.4 cm³/mol. The van der Waals surface area contributed by atoms with E-state index in [-0.39, 0.29) is 11.6 Å². The van der Waals surface area contributed by atoms with Crippen molar-refractivity contribution >= 4 is 29.0 Å². The van der Waals surface area contributed by atoms with Crippen LogP contribution in [0.25, 0.3) is 0 Å². The van der Waals surface area contributed by atoms with Crippen molar-refractivity contribution < 1.29 is 13.9 Å². The summed E-state index contributed by atoms with van der Waals surface area (Å²) in [6.45, 7) is 1.61. The second-order valence-electron chi connectivity index (χ2n) is 4.72. The number of carbonyl (C=O) groups is 1. The first kappa shape index (κ1) is 15.1. The number of nitrogens with two attached hydrogens (primary N) is 1. The molecule has 20 heavy (non-hydrogen) atoms. The number of ether oxygens (including phenoxy) is 1. The smallest absolute Gasteiger partial charge is 0.225 e. The standard InChI is InChI=1S/C14H19FN2O2S/c15-12-2-1-10(16)9-13(12)17-14(18)5-8-20-11-3-6-19-7-4-11/h1-2,9,11H,3-8,16H2,(H,17,18). The fourth-order valence-corrected chi connectivity index (χ4v) is 3.17. The lowest BCUT2D eigenvalue weighted by Crippen LogP contribution is -2.19. The molecular weight excluding hydrogens is 279 g/mol. The summed E-state index contributed by atoms with van der Waals surface area (Å²) in [6, 6.07) is 4.15. The summed E-state index contributed by atoms with van der Waals surface area (Å²) in [5, 5.41) is 3.13. The monoisotopic (exact) mass is 298 g/mol. The maximum Gasteiger partial charge on any atom is 0.225 e. The first-order valence-electron chi connectivity index (χ1n) is 6.69. The Morgan fingerprint density at radius 1 is 1.45 bits per heavy atom. The summed E-state index contributed by atoms with van der Waals surface area (Å²) < 4.78 is 18.7. The molecule has 110 valence electrons. The Morgan fingerprint density at radius 2 is 2.20 bits per heavy atom. The molecule has 1 aromatic rings. The summed E-state index contributed by atoms with van der Waals surface area (Å²) in [4.78, 5) is 11.8. The van der Waals surface area contributed by atoms with Gasteiger partial charge in [-0.3, -0.25) is 4.79 Å². The van der Waals surface area contributed by atoms with E-state index in [0.717, 1.165) is 31.8 Å². The van der Waals surface area contributed by atoms with Gasteiger partial charge in [-0.1, -0.05) is 0 Å². The molecule has 0 unspecified atom stereocenters. The van der Waals surface area contributed by atoms with Crippen molar-refractivity contribution in [2.75, 3.05) is 30.0 Å². The predicted octanol–water partition coefficient (Wildman–Crippen LogP) is 2.65. The molecule has 0 radical (unpaired) electrons. The van der Waals surface area contributed by atoms with Crippen molar-refractivity contribution in [1.82, 2.24) is 0 Å². The van der Waals surface area contributed by atoms with Gasteiger partial charge < -0.3 is 15.8 Å². The lowest BCUT2D eigenvalue weighted by Gasteiger charge is -2.21. The van der Waals surface area contributed by atoms with Crippen LogP contribution in [-0.4, -0.2) is 30.1 Å². The molecule has 1 saturated heterocycles. The van der Waals surface area contributed by atoms with Gasteiger partial charge in [0.2, 0.25) is 5.91 Å². The van der Waals surface area contributed by atoms with E-state index in [1.807, 2.05) is 0 Å². The fraction of sp³-hybridized carbons (Fsp3) is 0.500. The summed E-state index contributed by atoms with van der Waals surface area (Å²) in [5.74, 6) is 0.0826. The Bertz CT molecular complexity index is 464. The third-order valence-electron chi connectivity index (χ3n) is 3.12. The Morgan fingerprint density at radius 3 is 2.95 bits per heavy atom. The highest BCUT2D eigenvalue weighted by atomic mass is 32.2. The van der Waals surface area contributed by atoms with Gasteiger partial charge in [-0.25, -0.2) is 4.39 Å². The number of thioether (sulfide) groups is 1. The third-order valence-corrected chi connectivity index (χ3v) is 4.50. The number of nitrogens with one attached hydrogen (secondary N) is 1. The maximum absolute atomic E-state index is 13.5. The van der Waals surface area contributed by atoms with Gasteiger partial charge in [0, 0.05) is 36.3 Å². The van der Waals surface area contributed by atoms with E-state index in [9.17, 15) is 9.18 Å². The van der Waals surface area contributed by atoms with Gasteiger partial charge in [-0.05, 0) is 31.0 Å². The molecule has 0 aliphatic carbocycles. The lowest BCUT2D eigenvalue weighted by atomic mass is 10.2. The molecule has 2 rings (SSSR count). The minimum Gasteiger partial charge on any atom is -0.399 e. The molecule has 1 aromatic carbocycles. The minimum absolute atomic E-state index is 0.145. The highest BCUT2D eigenvalue weighted by Crippen LogP contribution is 2.23. The van der Waals surface area contributed by atoms with E-state index in [0.29, 0.717) is 17.4 Å². The van der Waals surface area contributed by atoms with Gasteiger partial charge in [0.1, 0.15) is 5.82 Å². The van der Waals surface area contributed by atoms with Crippen molar-refractivity contribution in [3.05, 3.63) is 24.0 Å². The van der Waals surface area contributed by atoms with E-state index in [4.69, 9.17) is 10.5 Å². The van der Waals surface area contributed by atoms with Gasteiger partial charge in [0.05, 0.1) is 5.69 Å². The third kappa shape index (κ3) is 4.68. The normalized spacial score (nSPS) is 16.1. The van der Waals surface area contributed by atoms with Crippen LogP contribution in [0.4, 0.5) is 15.8 Å². The number of anilines is 2. The average Bonchev–Trinajstić information content (AvgIpc) is 2.44. The van der Waals surface area contributed by atoms with Gasteiger partial charge >= 0.3 is 0 Å². The molecule has 1 fully saturated rings. The Labute approximate surface area is 122 Å². The zero-order valence-corrected chi connectivity index (χ0v) is 12.0. The van der Waals surface area contributed by atoms with Crippen LogP contribution in [0.2, 0.25) is 0 Å². The Hall–Kier alpha value is -1.27. The Kier molecular flexibility index (Phi) is 5.67. The lowest BCUT2D eigenvalue weighted by molar-refractivity contribution is -0.115. The molecule has 0 atom stereocenters. The number of nitrogen functional groups attached to an aromatic ring is 1. The van der Waals surface area contributed by atoms with E-state index < -0.39 is 5.82 Å². The van der Waals surface area contributed by atoms with Crippen molar-refractivity contribution in [3.63, 3.8) is 0 Å². The van der Waals surface area contributed by atoms with Crippen LogP contribution >= 0.6 is 11.8 Å². The Balaban J connectivity index is 1.73. The fourth-order valence-electron chi connectivity index (χ4n) is 2.01. The van der Waals surface area contributed by atoms with Crippen LogP contribution in [0, 0.1) is 5.82 Å². The molecule has 4 nitrogen and oxygen atoms in total. The van der Waals surface area contributed by atoms with Gasteiger partial charge in [-0.2, -0.15) is 11.8 Å². The number of rotatable bonds is 5. The quantitative estimate of drug-likeness (QED) is 0.820. The highest BCUT2D eigenvalue weighted by Gasteiger charge is 2.14. The van der Waals surface area contributed by atoms with Crippen LogP contribution < -0.4 is 11.1 Å². The molecule has 0 bridgehead atoms. The van der Waals surface area contributed by atoms with E-state index in [1.165, 1.54) is 18.2 Å². The first-order chi connectivity index (χ1) is 9.65. The van der Waals surface area contributed by atoms with Gasteiger partial charge in [-0.15, -0.1) is 0 Å².